The van der Waals surface area contributed by atoms with Crippen molar-refractivity contribution in [2.24, 2.45) is 23.3 Å². The molecule has 1 unspecified atom stereocenters. The Morgan fingerprint density at radius 2 is 2.31 bits per heavy atom. The third kappa shape index (κ3) is 2.45. The Morgan fingerprint density at radius 1 is 1.62 bits per heavy atom. The van der Waals surface area contributed by atoms with E-state index in [2.05, 4.69) is 0 Å². The van der Waals surface area contributed by atoms with Gasteiger partial charge in [-0.1, -0.05) is 6.92 Å². The summed E-state index contributed by atoms with van der Waals surface area (Å²) in [4.78, 5) is 0. The van der Waals surface area contributed by atoms with Crippen molar-refractivity contribution in [1.29, 1.82) is 0 Å². The van der Waals surface area contributed by atoms with Gasteiger partial charge in [-0.25, -0.2) is 0 Å². The number of rotatable bonds is 3. The van der Waals surface area contributed by atoms with Crippen LogP contribution in [0.5, 0.6) is 0 Å². The van der Waals surface area contributed by atoms with E-state index in [0.29, 0.717) is 5.92 Å². The van der Waals surface area contributed by atoms with E-state index in [0.717, 1.165) is 31.5 Å². The zero-order valence-corrected chi connectivity index (χ0v) is 8.29. The maximum Gasteiger partial charge on any atom is 0.0494 e. The summed E-state index contributed by atoms with van der Waals surface area (Å²) < 4.78 is 0. The maximum atomic E-state index is 9.04. The molecule has 0 aliphatic heterocycles. The Morgan fingerprint density at radius 3 is 2.85 bits per heavy atom. The monoisotopic (exact) mass is 184 g/mol. The molecule has 5 N–H and O–H groups in total. The first-order valence-corrected chi connectivity index (χ1v) is 4.97. The smallest absolute Gasteiger partial charge is 0.0494 e. The van der Waals surface area contributed by atoms with Crippen molar-refractivity contribution in [3.8, 4) is 0 Å². The van der Waals surface area contributed by atoms with E-state index in [1.807, 2.05) is 6.92 Å². The van der Waals surface area contributed by atoms with Crippen LogP contribution >= 0.6 is 0 Å². The zero-order chi connectivity index (χ0) is 9.84. The molecule has 3 nitrogen and oxygen atoms in total. The fourth-order valence-electron chi connectivity index (χ4n) is 1.89. The molecule has 0 heterocycles. The van der Waals surface area contributed by atoms with E-state index in [4.69, 9.17) is 16.6 Å². The predicted molar refractivity (Wildman–Crippen MR) is 53.9 cm³/mol. The van der Waals surface area contributed by atoms with Crippen molar-refractivity contribution in [2.75, 3.05) is 13.2 Å². The van der Waals surface area contributed by atoms with Crippen LogP contribution in [0, 0.1) is 11.8 Å². The molecule has 0 fully saturated rings. The van der Waals surface area contributed by atoms with Gasteiger partial charge in [0, 0.05) is 18.2 Å². The number of nitrogens with two attached hydrogens (primary N) is 2. The highest BCUT2D eigenvalue weighted by Crippen LogP contribution is 2.30. The molecule has 3 heteroatoms. The molecule has 0 amide bonds. The topological polar surface area (TPSA) is 72.3 Å². The summed E-state index contributed by atoms with van der Waals surface area (Å²) in [6, 6.07) is 0. The highest BCUT2D eigenvalue weighted by molar-refractivity contribution is 5.17. The largest absolute Gasteiger partial charge is 0.402 e. The van der Waals surface area contributed by atoms with Crippen LogP contribution in [-0.4, -0.2) is 18.3 Å². The van der Waals surface area contributed by atoms with Crippen LogP contribution in [0.1, 0.15) is 26.2 Å². The van der Waals surface area contributed by atoms with Crippen molar-refractivity contribution >= 4 is 0 Å². The third-order valence-corrected chi connectivity index (χ3v) is 2.95. The molecular weight excluding hydrogens is 164 g/mol. The Labute approximate surface area is 79.8 Å². The molecule has 0 aromatic rings. The second kappa shape index (κ2) is 4.63. The Kier molecular flexibility index (Phi) is 3.75. The lowest BCUT2D eigenvalue weighted by atomic mass is 9.82. The first kappa shape index (κ1) is 10.5. The molecule has 13 heavy (non-hydrogen) atoms. The fraction of sp³-hybridized carbons (Fsp3) is 0.800. The Balaban J connectivity index is 2.68. The molecule has 0 radical (unpaired) electrons. The third-order valence-electron chi connectivity index (χ3n) is 2.95. The van der Waals surface area contributed by atoms with Crippen LogP contribution in [0.25, 0.3) is 0 Å². The molecule has 76 valence electrons. The van der Waals surface area contributed by atoms with Crippen LogP contribution in [0.4, 0.5) is 0 Å². The molecule has 0 spiro atoms. The molecule has 1 aliphatic rings. The van der Waals surface area contributed by atoms with E-state index in [-0.39, 0.29) is 12.5 Å². The molecule has 0 bridgehead atoms. The van der Waals surface area contributed by atoms with Gasteiger partial charge < -0.3 is 16.6 Å². The Bertz CT molecular complexity index is 201. The average Bonchev–Trinajstić information content (AvgIpc) is 2.17. The summed E-state index contributed by atoms with van der Waals surface area (Å²) in [6.45, 7) is 2.93. The lowest BCUT2D eigenvalue weighted by Crippen LogP contribution is -2.24. The molecule has 1 aliphatic carbocycles. The van der Waals surface area contributed by atoms with Gasteiger partial charge in [-0.2, -0.15) is 0 Å². The highest BCUT2D eigenvalue weighted by atomic mass is 16.3. The fourth-order valence-corrected chi connectivity index (χ4v) is 1.89. The van der Waals surface area contributed by atoms with E-state index in [9.17, 15) is 0 Å². The van der Waals surface area contributed by atoms with Gasteiger partial charge in [-0.15, -0.1) is 0 Å². The van der Waals surface area contributed by atoms with Gasteiger partial charge >= 0.3 is 0 Å². The highest BCUT2D eigenvalue weighted by Gasteiger charge is 2.21. The van der Waals surface area contributed by atoms with Gasteiger partial charge in [0.25, 0.3) is 0 Å². The summed E-state index contributed by atoms with van der Waals surface area (Å²) in [5.74, 6) is 0.769. The minimum absolute atomic E-state index is 0.188. The van der Waals surface area contributed by atoms with E-state index >= 15 is 0 Å². The van der Waals surface area contributed by atoms with Gasteiger partial charge in [0.2, 0.25) is 0 Å². The number of aliphatic hydroxyl groups excluding tert-OH is 1. The minimum atomic E-state index is 0.188. The summed E-state index contributed by atoms with van der Waals surface area (Å²) in [5, 5.41) is 9.04. The van der Waals surface area contributed by atoms with Crippen molar-refractivity contribution in [2.45, 2.75) is 26.2 Å². The van der Waals surface area contributed by atoms with Crippen molar-refractivity contribution < 1.29 is 5.11 Å². The maximum absolute atomic E-state index is 9.04. The predicted octanol–water partition coefficient (Wildman–Crippen LogP) is 0.586. The molecule has 0 saturated carbocycles. The first-order valence-electron chi connectivity index (χ1n) is 4.97. The standard InChI is InChI=1S/C10H20N2O/c1-7(6-13)9-4-8(5-11)2-3-10(9)12/h7-8,13H,2-6,11-12H2,1H3/t7?,8-/m0/s1. The summed E-state index contributed by atoms with van der Waals surface area (Å²) in [7, 11) is 0. The van der Waals surface area contributed by atoms with Gasteiger partial charge in [-0.05, 0) is 37.3 Å². The minimum Gasteiger partial charge on any atom is -0.402 e. The molecule has 0 saturated heterocycles. The lowest BCUT2D eigenvalue weighted by Gasteiger charge is -2.27. The van der Waals surface area contributed by atoms with E-state index in [1.165, 1.54) is 5.57 Å². The molecule has 0 aromatic carbocycles. The SMILES string of the molecule is CC(CO)C1=C(N)CC[C@H](CN)C1. The molecular formula is C10H20N2O. The van der Waals surface area contributed by atoms with Crippen molar-refractivity contribution in [3.63, 3.8) is 0 Å². The van der Waals surface area contributed by atoms with Crippen molar-refractivity contribution in [3.05, 3.63) is 11.3 Å². The van der Waals surface area contributed by atoms with Crippen LogP contribution in [0.2, 0.25) is 0 Å². The Hall–Kier alpha value is -0.540. The zero-order valence-electron chi connectivity index (χ0n) is 8.29. The van der Waals surface area contributed by atoms with Crippen molar-refractivity contribution in [1.82, 2.24) is 0 Å². The van der Waals surface area contributed by atoms with Crippen LogP contribution in [0.15, 0.2) is 11.3 Å². The lowest BCUT2D eigenvalue weighted by molar-refractivity contribution is 0.247. The average molecular weight is 184 g/mol. The molecule has 1 rings (SSSR count). The quantitative estimate of drug-likeness (QED) is 0.601. The number of allylic oxidation sites excluding steroid dienone is 1. The van der Waals surface area contributed by atoms with Gasteiger partial charge in [-0.3, -0.25) is 0 Å². The van der Waals surface area contributed by atoms with Gasteiger partial charge in [0.1, 0.15) is 0 Å². The van der Waals surface area contributed by atoms with Gasteiger partial charge in [0.05, 0.1) is 0 Å². The summed E-state index contributed by atoms with van der Waals surface area (Å²) in [6.07, 6.45) is 3.02. The number of hydrogen-bond donors (Lipinski definition) is 3. The molecule has 2 atom stereocenters. The second-order valence-electron chi connectivity index (χ2n) is 3.98. The summed E-state index contributed by atoms with van der Waals surface area (Å²) in [5.41, 5.74) is 13.7. The van der Waals surface area contributed by atoms with Crippen LogP contribution in [0.3, 0.4) is 0 Å². The summed E-state index contributed by atoms with van der Waals surface area (Å²) >= 11 is 0. The molecule has 0 aromatic heterocycles. The van der Waals surface area contributed by atoms with Crippen LogP contribution in [-0.2, 0) is 0 Å². The van der Waals surface area contributed by atoms with Crippen LogP contribution < -0.4 is 11.5 Å². The van der Waals surface area contributed by atoms with Gasteiger partial charge in [0.15, 0.2) is 0 Å². The number of aliphatic hydroxyl groups is 1. The number of hydrogen-bond acceptors (Lipinski definition) is 3. The van der Waals surface area contributed by atoms with E-state index < -0.39 is 0 Å². The second-order valence-corrected chi connectivity index (χ2v) is 3.98. The van der Waals surface area contributed by atoms with E-state index in [1.54, 1.807) is 0 Å². The first-order chi connectivity index (χ1) is 6.19. The normalized spacial score (nSPS) is 26.2.